The zero-order valence-corrected chi connectivity index (χ0v) is 12.8. The minimum Gasteiger partial charge on any atom is -0.496 e. The number of hydrogen-bond acceptors (Lipinski definition) is 3. The molecule has 2 aliphatic carbocycles. The summed E-state index contributed by atoms with van der Waals surface area (Å²) < 4.78 is 5.34. The molecule has 4 nitrogen and oxygen atoms in total. The first-order chi connectivity index (χ1) is 10.1. The second kappa shape index (κ2) is 4.23. The topological polar surface area (TPSA) is 41.6 Å². The molecule has 4 heteroatoms. The Hall–Kier alpha value is -1.55. The van der Waals surface area contributed by atoms with E-state index in [2.05, 4.69) is 36.2 Å². The predicted octanol–water partition coefficient (Wildman–Crippen LogP) is 2.38. The maximum atomic E-state index is 12.7. The fourth-order valence-electron chi connectivity index (χ4n) is 3.59. The van der Waals surface area contributed by atoms with Gasteiger partial charge >= 0.3 is 0 Å². The van der Waals surface area contributed by atoms with Crippen molar-refractivity contribution >= 4 is 5.91 Å². The van der Waals surface area contributed by atoms with Gasteiger partial charge in [-0.1, -0.05) is 13.0 Å². The lowest BCUT2D eigenvalue weighted by Crippen LogP contribution is -2.34. The van der Waals surface area contributed by atoms with E-state index in [4.69, 9.17) is 4.74 Å². The molecule has 3 unspecified atom stereocenters. The van der Waals surface area contributed by atoms with E-state index in [0.29, 0.717) is 17.9 Å². The van der Waals surface area contributed by atoms with Crippen LogP contribution in [0.3, 0.4) is 0 Å². The van der Waals surface area contributed by atoms with Gasteiger partial charge in [-0.3, -0.25) is 10.1 Å². The lowest BCUT2D eigenvalue weighted by Gasteiger charge is -2.25. The Bertz CT molecular complexity index is 609. The summed E-state index contributed by atoms with van der Waals surface area (Å²) >= 11 is 0. The van der Waals surface area contributed by atoms with Gasteiger partial charge < -0.3 is 9.64 Å². The van der Waals surface area contributed by atoms with Crippen molar-refractivity contribution in [2.45, 2.75) is 50.9 Å². The summed E-state index contributed by atoms with van der Waals surface area (Å²) in [7, 11) is 1.69. The molecular weight excluding hydrogens is 264 g/mol. The molecule has 1 saturated heterocycles. The third kappa shape index (κ3) is 1.89. The highest BCUT2D eigenvalue weighted by atomic mass is 16.5. The van der Waals surface area contributed by atoms with Crippen LogP contribution in [0, 0.1) is 12.8 Å². The van der Waals surface area contributed by atoms with Crippen LogP contribution < -0.4 is 10.1 Å². The molecule has 1 heterocycles. The van der Waals surface area contributed by atoms with Crippen LogP contribution in [-0.4, -0.2) is 29.5 Å². The van der Waals surface area contributed by atoms with Gasteiger partial charge in [-0.25, -0.2) is 0 Å². The molecule has 0 aromatic heterocycles. The van der Waals surface area contributed by atoms with Crippen molar-refractivity contribution in [3.8, 4) is 5.75 Å². The Morgan fingerprint density at radius 3 is 2.62 bits per heavy atom. The van der Waals surface area contributed by atoms with E-state index >= 15 is 0 Å². The van der Waals surface area contributed by atoms with Gasteiger partial charge in [0.2, 0.25) is 5.91 Å². The van der Waals surface area contributed by atoms with Crippen molar-refractivity contribution in [1.29, 1.82) is 0 Å². The predicted molar refractivity (Wildman–Crippen MR) is 80.0 cm³/mol. The molecule has 2 saturated carbocycles. The van der Waals surface area contributed by atoms with Crippen LogP contribution in [0.1, 0.15) is 43.5 Å². The first-order valence-corrected chi connectivity index (χ1v) is 7.81. The second-order valence-corrected chi connectivity index (χ2v) is 6.85. The van der Waals surface area contributed by atoms with Crippen molar-refractivity contribution in [2.24, 2.45) is 5.92 Å². The number of methoxy groups -OCH3 is 1. The summed E-state index contributed by atoms with van der Waals surface area (Å²) in [6, 6.07) is 6.64. The SMILES string of the molecule is COc1ccc(C2NC3(CC3)C(=O)N2C2CC2C)cc1C. The standard InChI is InChI=1S/C17H22N2O2/c1-10-9-13(10)19-15(18-17(6-7-17)16(19)20)12-4-5-14(21-3)11(2)8-12/h4-5,8,10,13,15,18H,6-7,9H2,1-3H3. The van der Waals surface area contributed by atoms with Crippen LogP contribution in [0.2, 0.25) is 0 Å². The minimum absolute atomic E-state index is 0.0274. The minimum atomic E-state index is -0.249. The van der Waals surface area contributed by atoms with Gasteiger partial charge in [-0.2, -0.15) is 0 Å². The number of carbonyl (C=O) groups is 1. The molecule has 3 atom stereocenters. The van der Waals surface area contributed by atoms with E-state index < -0.39 is 0 Å². The fraction of sp³-hybridized carbons (Fsp3) is 0.588. The quantitative estimate of drug-likeness (QED) is 0.927. The molecular formula is C17H22N2O2. The van der Waals surface area contributed by atoms with Gasteiger partial charge in [-0.05, 0) is 55.4 Å². The Balaban J connectivity index is 1.69. The number of hydrogen-bond donors (Lipinski definition) is 1. The summed E-state index contributed by atoms with van der Waals surface area (Å²) in [4.78, 5) is 14.9. The highest BCUT2D eigenvalue weighted by Gasteiger charge is 2.62. The largest absolute Gasteiger partial charge is 0.496 e. The van der Waals surface area contributed by atoms with Crippen LogP contribution in [0.5, 0.6) is 5.75 Å². The number of nitrogens with zero attached hydrogens (tertiary/aromatic N) is 1. The molecule has 21 heavy (non-hydrogen) atoms. The smallest absolute Gasteiger partial charge is 0.244 e. The third-order valence-corrected chi connectivity index (χ3v) is 5.24. The van der Waals surface area contributed by atoms with Crippen LogP contribution in [-0.2, 0) is 4.79 Å². The third-order valence-electron chi connectivity index (χ3n) is 5.24. The van der Waals surface area contributed by atoms with Crippen molar-refractivity contribution < 1.29 is 9.53 Å². The first kappa shape index (κ1) is 13.1. The molecule has 112 valence electrons. The number of ether oxygens (including phenoxy) is 1. The Kier molecular flexibility index (Phi) is 2.65. The molecule has 1 amide bonds. The van der Waals surface area contributed by atoms with Crippen LogP contribution >= 0.6 is 0 Å². The van der Waals surface area contributed by atoms with Gasteiger partial charge in [0.1, 0.15) is 17.5 Å². The van der Waals surface area contributed by atoms with Crippen molar-refractivity contribution in [3.63, 3.8) is 0 Å². The Morgan fingerprint density at radius 1 is 1.38 bits per heavy atom. The monoisotopic (exact) mass is 286 g/mol. The summed E-state index contributed by atoms with van der Waals surface area (Å²) in [5.41, 5.74) is 2.04. The number of amides is 1. The first-order valence-electron chi connectivity index (χ1n) is 7.81. The Labute approximate surface area is 125 Å². The van der Waals surface area contributed by atoms with Crippen LogP contribution in [0.15, 0.2) is 18.2 Å². The van der Waals surface area contributed by atoms with Crippen molar-refractivity contribution in [3.05, 3.63) is 29.3 Å². The second-order valence-electron chi connectivity index (χ2n) is 6.85. The maximum absolute atomic E-state index is 12.7. The van der Waals surface area contributed by atoms with Crippen LogP contribution in [0.25, 0.3) is 0 Å². The van der Waals surface area contributed by atoms with Gasteiger partial charge in [0.25, 0.3) is 0 Å². The molecule has 3 fully saturated rings. The summed E-state index contributed by atoms with van der Waals surface area (Å²) in [6.07, 6.45) is 3.12. The van der Waals surface area contributed by atoms with E-state index in [0.717, 1.165) is 30.6 Å². The lowest BCUT2D eigenvalue weighted by atomic mass is 10.1. The fourth-order valence-corrected chi connectivity index (χ4v) is 3.59. The van der Waals surface area contributed by atoms with Crippen molar-refractivity contribution in [2.75, 3.05) is 7.11 Å². The lowest BCUT2D eigenvalue weighted by molar-refractivity contribution is -0.131. The van der Waals surface area contributed by atoms with E-state index in [1.807, 2.05) is 6.07 Å². The van der Waals surface area contributed by atoms with Crippen LogP contribution in [0.4, 0.5) is 0 Å². The van der Waals surface area contributed by atoms with Crippen molar-refractivity contribution in [1.82, 2.24) is 10.2 Å². The average molecular weight is 286 g/mol. The van der Waals surface area contributed by atoms with Gasteiger partial charge in [0, 0.05) is 6.04 Å². The molecule has 1 aliphatic heterocycles. The number of nitrogens with one attached hydrogen (secondary N) is 1. The summed E-state index contributed by atoms with van der Waals surface area (Å²) in [5, 5.41) is 3.60. The molecule has 3 aliphatic rings. The highest BCUT2D eigenvalue weighted by Crippen LogP contribution is 2.51. The van der Waals surface area contributed by atoms with Gasteiger partial charge in [-0.15, -0.1) is 0 Å². The molecule has 4 rings (SSSR count). The molecule has 1 aromatic rings. The molecule has 1 aromatic carbocycles. The summed E-state index contributed by atoms with van der Waals surface area (Å²) in [6.45, 7) is 4.28. The van der Waals surface area contributed by atoms with Gasteiger partial charge in [0.15, 0.2) is 0 Å². The van der Waals surface area contributed by atoms with E-state index in [1.54, 1.807) is 7.11 Å². The molecule has 0 bridgehead atoms. The Morgan fingerprint density at radius 2 is 2.10 bits per heavy atom. The molecule has 1 spiro atoms. The number of benzene rings is 1. The number of rotatable bonds is 3. The maximum Gasteiger partial charge on any atom is 0.244 e. The normalized spacial score (nSPS) is 32.6. The zero-order valence-electron chi connectivity index (χ0n) is 12.8. The number of aryl methyl sites for hydroxylation is 1. The van der Waals surface area contributed by atoms with E-state index in [1.165, 1.54) is 5.56 Å². The molecule has 0 radical (unpaired) electrons. The molecule has 1 N–H and O–H groups in total. The highest BCUT2D eigenvalue weighted by molar-refractivity contribution is 5.92. The average Bonchev–Trinajstić information content (AvgIpc) is 3.35. The summed E-state index contributed by atoms with van der Waals surface area (Å²) in [5.74, 6) is 1.84. The van der Waals surface area contributed by atoms with E-state index in [9.17, 15) is 4.79 Å². The zero-order chi connectivity index (χ0) is 14.8. The van der Waals surface area contributed by atoms with Gasteiger partial charge in [0.05, 0.1) is 7.11 Å². The number of carbonyl (C=O) groups excluding carboxylic acids is 1. The van der Waals surface area contributed by atoms with E-state index in [-0.39, 0.29) is 11.7 Å².